The molecule has 1 aliphatic rings. The van der Waals surface area contributed by atoms with Crippen molar-refractivity contribution in [3.8, 4) is 5.75 Å². The predicted molar refractivity (Wildman–Crippen MR) is 128 cm³/mol. The highest BCUT2D eigenvalue weighted by Gasteiger charge is 2.22. The second kappa shape index (κ2) is 9.49. The minimum absolute atomic E-state index is 0.0947. The number of nitrogens with zero attached hydrogens (tertiary/aromatic N) is 1. The standard InChI is InChI=1S/C24H27N3O3S/c1-16-5-6-17-13-18(23(28)26-22(17)12-16)14-27(15-21-4-3-11-30-21)24(31)25-19-7-9-20(29-2)10-8-19/h5-10,12-13,21H,3-4,11,14-15H2,1-2H3,(H,25,31)(H,26,28)/t21-/m0/s1. The predicted octanol–water partition coefficient (Wildman–Crippen LogP) is 4.22. The molecule has 2 aromatic carbocycles. The highest BCUT2D eigenvalue weighted by atomic mass is 32.1. The molecule has 1 atom stereocenters. The summed E-state index contributed by atoms with van der Waals surface area (Å²) in [7, 11) is 1.64. The lowest BCUT2D eigenvalue weighted by Gasteiger charge is -2.28. The topological polar surface area (TPSA) is 66.6 Å². The van der Waals surface area contributed by atoms with Crippen molar-refractivity contribution >= 4 is 33.9 Å². The molecular weight excluding hydrogens is 410 g/mol. The summed E-state index contributed by atoms with van der Waals surface area (Å²) >= 11 is 5.72. The van der Waals surface area contributed by atoms with E-state index in [9.17, 15) is 4.79 Å². The monoisotopic (exact) mass is 437 g/mol. The van der Waals surface area contributed by atoms with E-state index in [4.69, 9.17) is 21.7 Å². The summed E-state index contributed by atoms with van der Waals surface area (Å²) in [6.45, 7) is 3.82. The van der Waals surface area contributed by atoms with E-state index in [0.717, 1.165) is 47.4 Å². The third-order valence-electron chi connectivity index (χ3n) is 5.52. The van der Waals surface area contributed by atoms with Crippen LogP contribution < -0.4 is 15.6 Å². The molecule has 2 N–H and O–H groups in total. The van der Waals surface area contributed by atoms with E-state index in [2.05, 4.69) is 10.3 Å². The Morgan fingerprint density at radius 3 is 2.77 bits per heavy atom. The van der Waals surface area contributed by atoms with Crippen molar-refractivity contribution in [2.75, 3.05) is 25.6 Å². The molecule has 0 amide bonds. The second-order valence-electron chi connectivity index (χ2n) is 7.89. The number of thiocarbonyl (C=S) groups is 1. The summed E-state index contributed by atoms with van der Waals surface area (Å²) in [5, 5.41) is 4.85. The Balaban J connectivity index is 1.57. The summed E-state index contributed by atoms with van der Waals surface area (Å²) < 4.78 is 11.1. The Morgan fingerprint density at radius 2 is 2.06 bits per heavy atom. The molecule has 0 saturated carbocycles. The molecule has 162 valence electrons. The lowest BCUT2D eigenvalue weighted by atomic mass is 10.1. The van der Waals surface area contributed by atoms with Crippen LogP contribution in [0.1, 0.15) is 24.0 Å². The zero-order chi connectivity index (χ0) is 21.8. The highest BCUT2D eigenvalue weighted by molar-refractivity contribution is 7.80. The number of rotatable bonds is 6. The van der Waals surface area contributed by atoms with Crippen molar-refractivity contribution < 1.29 is 9.47 Å². The summed E-state index contributed by atoms with van der Waals surface area (Å²) in [5.41, 5.74) is 3.40. The summed E-state index contributed by atoms with van der Waals surface area (Å²) in [6.07, 6.45) is 2.15. The number of fused-ring (bicyclic) bond motifs is 1. The van der Waals surface area contributed by atoms with Gasteiger partial charge in [-0.1, -0.05) is 12.1 Å². The summed E-state index contributed by atoms with van der Waals surface area (Å²) in [6, 6.07) is 15.6. The highest BCUT2D eigenvalue weighted by Crippen LogP contribution is 2.19. The van der Waals surface area contributed by atoms with Crippen molar-refractivity contribution in [3.63, 3.8) is 0 Å². The Bertz CT molecular complexity index is 1120. The lowest BCUT2D eigenvalue weighted by molar-refractivity contribution is 0.0904. The molecule has 0 radical (unpaired) electrons. The van der Waals surface area contributed by atoms with E-state index < -0.39 is 0 Å². The molecule has 2 heterocycles. The van der Waals surface area contributed by atoms with Gasteiger partial charge in [0.05, 0.1) is 19.8 Å². The second-order valence-corrected chi connectivity index (χ2v) is 8.28. The normalized spacial score (nSPS) is 15.7. The van der Waals surface area contributed by atoms with Crippen LogP contribution in [0.4, 0.5) is 5.69 Å². The number of pyridine rings is 1. The number of aromatic nitrogens is 1. The maximum atomic E-state index is 12.8. The molecule has 3 aromatic rings. The van der Waals surface area contributed by atoms with Gasteiger partial charge in [0.2, 0.25) is 0 Å². The zero-order valence-corrected chi connectivity index (χ0v) is 18.6. The van der Waals surface area contributed by atoms with Crippen LogP contribution in [0.15, 0.2) is 53.3 Å². The Kier molecular flexibility index (Phi) is 6.53. The van der Waals surface area contributed by atoms with E-state index in [1.54, 1.807) is 7.11 Å². The van der Waals surface area contributed by atoms with E-state index in [-0.39, 0.29) is 11.7 Å². The van der Waals surface area contributed by atoms with Crippen molar-refractivity contribution in [2.24, 2.45) is 0 Å². The van der Waals surface area contributed by atoms with E-state index in [1.165, 1.54) is 0 Å². The molecule has 0 spiro atoms. The van der Waals surface area contributed by atoms with Crippen LogP contribution in [0.2, 0.25) is 0 Å². The van der Waals surface area contributed by atoms with Crippen LogP contribution in [0.3, 0.4) is 0 Å². The third-order valence-corrected chi connectivity index (χ3v) is 5.88. The quantitative estimate of drug-likeness (QED) is 0.563. The molecule has 1 fully saturated rings. The first-order valence-corrected chi connectivity index (χ1v) is 10.9. The fraction of sp³-hybridized carbons (Fsp3) is 0.333. The van der Waals surface area contributed by atoms with Gasteiger partial charge in [-0.3, -0.25) is 4.79 Å². The smallest absolute Gasteiger partial charge is 0.253 e. The van der Waals surface area contributed by atoms with Gasteiger partial charge in [0.25, 0.3) is 5.56 Å². The fourth-order valence-corrected chi connectivity index (χ4v) is 4.07. The molecule has 31 heavy (non-hydrogen) atoms. The first kappa shape index (κ1) is 21.3. The minimum atomic E-state index is -0.0947. The van der Waals surface area contributed by atoms with Gasteiger partial charge in [-0.15, -0.1) is 0 Å². The molecule has 6 nitrogen and oxygen atoms in total. The molecule has 0 bridgehead atoms. The number of methoxy groups -OCH3 is 1. The minimum Gasteiger partial charge on any atom is -0.497 e. The Morgan fingerprint density at radius 1 is 1.26 bits per heavy atom. The van der Waals surface area contributed by atoms with Gasteiger partial charge in [0.1, 0.15) is 5.75 Å². The van der Waals surface area contributed by atoms with Crippen LogP contribution in [0, 0.1) is 6.92 Å². The van der Waals surface area contributed by atoms with Crippen LogP contribution in [-0.2, 0) is 11.3 Å². The molecule has 4 rings (SSSR count). The average Bonchev–Trinajstić information content (AvgIpc) is 3.27. The molecule has 0 aliphatic carbocycles. The van der Waals surface area contributed by atoms with Gasteiger partial charge in [-0.05, 0) is 79.3 Å². The largest absolute Gasteiger partial charge is 0.497 e. The maximum absolute atomic E-state index is 12.8. The molecular formula is C24H27N3O3S. The first-order chi connectivity index (χ1) is 15.0. The molecule has 1 aliphatic heterocycles. The summed E-state index contributed by atoms with van der Waals surface area (Å²) in [5.74, 6) is 0.783. The van der Waals surface area contributed by atoms with Gasteiger partial charge in [0.15, 0.2) is 5.11 Å². The van der Waals surface area contributed by atoms with Gasteiger partial charge < -0.3 is 24.7 Å². The van der Waals surface area contributed by atoms with Crippen LogP contribution in [0.25, 0.3) is 10.9 Å². The van der Waals surface area contributed by atoms with E-state index in [1.807, 2.05) is 60.4 Å². The summed E-state index contributed by atoms with van der Waals surface area (Å²) in [4.78, 5) is 17.8. The SMILES string of the molecule is COc1ccc(NC(=S)N(Cc2cc3ccc(C)cc3[nH]c2=O)C[C@@H]2CCCO2)cc1. The maximum Gasteiger partial charge on any atom is 0.253 e. The van der Waals surface area contributed by atoms with Crippen molar-refractivity contribution in [3.05, 3.63) is 70.0 Å². The first-order valence-electron chi connectivity index (χ1n) is 10.5. The van der Waals surface area contributed by atoms with Crippen LogP contribution >= 0.6 is 12.2 Å². The fourth-order valence-electron chi connectivity index (χ4n) is 3.81. The number of hydrogen-bond acceptors (Lipinski definition) is 4. The number of nitrogens with one attached hydrogen (secondary N) is 2. The van der Waals surface area contributed by atoms with Gasteiger partial charge in [0, 0.05) is 29.9 Å². The lowest BCUT2D eigenvalue weighted by Crippen LogP contribution is -2.40. The van der Waals surface area contributed by atoms with Gasteiger partial charge in [-0.25, -0.2) is 0 Å². The number of aromatic amines is 1. The van der Waals surface area contributed by atoms with Gasteiger partial charge >= 0.3 is 0 Å². The molecule has 1 saturated heterocycles. The van der Waals surface area contributed by atoms with Crippen molar-refractivity contribution in [1.82, 2.24) is 9.88 Å². The number of H-pyrrole nitrogens is 1. The Hall–Kier alpha value is -2.90. The average molecular weight is 438 g/mol. The van der Waals surface area contributed by atoms with Crippen molar-refractivity contribution in [2.45, 2.75) is 32.4 Å². The number of aryl methyl sites for hydroxylation is 1. The van der Waals surface area contributed by atoms with Crippen molar-refractivity contribution in [1.29, 1.82) is 0 Å². The van der Waals surface area contributed by atoms with Crippen LogP contribution in [0.5, 0.6) is 5.75 Å². The number of hydrogen-bond donors (Lipinski definition) is 2. The molecule has 7 heteroatoms. The number of anilines is 1. The number of ether oxygens (including phenoxy) is 2. The molecule has 1 aromatic heterocycles. The third kappa shape index (κ3) is 5.24. The van der Waals surface area contributed by atoms with Crippen LogP contribution in [-0.4, -0.2) is 41.4 Å². The zero-order valence-electron chi connectivity index (χ0n) is 17.8. The number of benzene rings is 2. The van der Waals surface area contributed by atoms with E-state index >= 15 is 0 Å². The van der Waals surface area contributed by atoms with E-state index in [0.29, 0.717) is 23.8 Å². The van der Waals surface area contributed by atoms with Gasteiger partial charge in [-0.2, -0.15) is 0 Å². The Labute approximate surface area is 187 Å². The molecule has 0 unspecified atom stereocenters.